The van der Waals surface area contributed by atoms with Crippen molar-refractivity contribution in [1.82, 2.24) is 9.78 Å². The molecule has 2 N–H and O–H groups in total. The van der Waals surface area contributed by atoms with E-state index in [9.17, 15) is 13.2 Å². The molecule has 0 spiro atoms. The zero-order chi connectivity index (χ0) is 15.7. The van der Waals surface area contributed by atoms with E-state index in [1.807, 2.05) is 0 Å². The molecule has 1 aromatic rings. The monoisotopic (exact) mass is 303 g/mol. The number of ether oxygens (including phenoxy) is 1. The lowest BCUT2D eigenvalue weighted by molar-refractivity contribution is 0.0517. The predicted molar refractivity (Wildman–Crippen MR) is 76.2 cm³/mol. The maximum Gasteiger partial charge on any atom is 0.358 e. The van der Waals surface area contributed by atoms with Crippen LogP contribution < -0.4 is 5.73 Å². The quantitative estimate of drug-likeness (QED) is 0.820. The van der Waals surface area contributed by atoms with Gasteiger partial charge < -0.3 is 10.5 Å². The van der Waals surface area contributed by atoms with Gasteiger partial charge in [0.1, 0.15) is 6.61 Å². The van der Waals surface area contributed by atoms with E-state index in [4.69, 9.17) is 10.5 Å². The smallest absolute Gasteiger partial charge is 0.358 e. The second kappa shape index (κ2) is 5.43. The molecule has 0 aliphatic carbocycles. The van der Waals surface area contributed by atoms with Crippen molar-refractivity contribution in [2.24, 2.45) is 7.05 Å². The molecule has 114 valence electrons. The number of hydrogen-bond acceptors (Lipinski definition) is 6. The van der Waals surface area contributed by atoms with Crippen LogP contribution in [-0.4, -0.2) is 41.3 Å². The van der Waals surface area contributed by atoms with Gasteiger partial charge in [0, 0.05) is 7.05 Å². The number of nitrogens with zero attached hydrogens (tertiary/aromatic N) is 2. The Kier molecular flexibility index (Phi) is 4.48. The summed E-state index contributed by atoms with van der Waals surface area (Å²) in [6, 6.07) is 0. The van der Waals surface area contributed by atoms with Crippen molar-refractivity contribution in [3.05, 3.63) is 11.4 Å². The lowest BCUT2D eigenvalue weighted by atomic mass is 10.3. The van der Waals surface area contributed by atoms with Gasteiger partial charge in [-0.3, -0.25) is 4.68 Å². The summed E-state index contributed by atoms with van der Waals surface area (Å²) in [5.74, 6) is -0.895. The Morgan fingerprint density at radius 1 is 1.40 bits per heavy atom. The third kappa shape index (κ3) is 3.30. The molecule has 0 fully saturated rings. The highest BCUT2D eigenvalue weighted by atomic mass is 32.2. The van der Waals surface area contributed by atoms with Crippen LogP contribution in [0, 0.1) is 6.92 Å². The molecular weight excluding hydrogens is 282 g/mol. The highest BCUT2D eigenvalue weighted by molar-refractivity contribution is 7.92. The van der Waals surface area contributed by atoms with Crippen LogP contribution in [0.25, 0.3) is 0 Å². The summed E-state index contributed by atoms with van der Waals surface area (Å²) in [5, 5.41) is 4.00. The third-order valence-electron chi connectivity index (χ3n) is 2.98. The van der Waals surface area contributed by atoms with Gasteiger partial charge in [-0.2, -0.15) is 5.10 Å². The minimum atomic E-state index is -3.32. The van der Waals surface area contributed by atoms with Crippen molar-refractivity contribution in [2.45, 2.75) is 32.4 Å². The molecule has 8 heteroatoms. The molecular formula is C12H21N3O4S. The fraction of sp³-hybridized carbons (Fsp3) is 0.667. The number of carbonyl (C=O) groups excluding carboxylic acids is 1. The number of esters is 1. The first-order chi connectivity index (χ1) is 8.97. The zero-order valence-corrected chi connectivity index (χ0v) is 13.2. The number of hydrogen-bond donors (Lipinski definition) is 1. The van der Waals surface area contributed by atoms with Crippen LogP contribution in [0.1, 0.15) is 37.0 Å². The average molecular weight is 303 g/mol. The van der Waals surface area contributed by atoms with Crippen LogP contribution >= 0.6 is 0 Å². The Balaban J connectivity index is 2.71. The third-order valence-corrected chi connectivity index (χ3v) is 5.55. The van der Waals surface area contributed by atoms with Gasteiger partial charge in [0.05, 0.1) is 21.9 Å². The van der Waals surface area contributed by atoms with E-state index >= 15 is 0 Å². The van der Waals surface area contributed by atoms with Gasteiger partial charge in [0.2, 0.25) is 0 Å². The molecule has 0 amide bonds. The van der Waals surface area contributed by atoms with Crippen molar-refractivity contribution < 1.29 is 17.9 Å². The molecule has 0 bridgehead atoms. The fourth-order valence-corrected chi connectivity index (χ4v) is 2.45. The van der Waals surface area contributed by atoms with Gasteiger partial charge in [-0.25, -0.2) is 13.2 Å². The van der Waals surface area contributed by atoms with Crippen LogP contribution in [0.4, 0.5) is 5.69 Å². The highest BCUT2D eigenvalue weighted by Gasteiger charge is 2.29. The molecule has 0 saturated heterocycles. The highest BCUT2D eigenvalue weighted by Crippen LogP contribution is 2.18. The van der Waals surface area contributed by atoms with Gasteiger partial charge in [-0.15, -0.1) is 0 Å². The fourth-order valence-electron chi connectivity index (χ4n) is 1.54. The molecule has 0 radical (unpaired) electrons. The Labute approximate surface area is 119 Å². The summed E-state index contributed by atoms with van der Waals surface area (Å²) in [6.45, 7) is 6.28. The predicted octanol–water partition coefficient (Wildman–Crippen LogP) is 0.681. The van der Waals surface area contributed by atoms with Crippen LogP contribution in [0.15, 0.2) is 0 Å². The van der Waals surface area contributed by atoms with E-state index in [1.165, 1.54) is 4.68 Å². The molecule has 0 saturated carbocycles. The summed E-state index contributed by atoms with van der Waals surface area (Å²) >= 11 is 0. The topological polar surface area (TPSA) is 104 Å². The van der Waals surface area contributed by atoms with E-state index in [0.29, 0.717) is 5.69 Å². The lowest BCUT2D eigenvalue weighted by Gasteiger charge is -2.18. The second-order valence-corrected chi connectivity index (χ2v) is 8.40. The zero-order valence-electron chi connectivity index (χ0n) is 12.4. The minimum Gasteiger partial charge on any atom is -0.460 e. The first-order valence-corrected chi connectivity index (χ1v) is 7.81. The molecule has 0 unspecified atom stereocenters. The number of rotatable bonds is 4. The number of nitrogens with two attached hydrogens (primary N) is 1. The summed E-state index contributed by atoms with van der Waals surface area (Å²) in [6.07, 6.45) is 0. The van der Waals surface area contributed by atoms with E-state index < -0.39 is 20.6 Å². The van der Waals surface area contributed by atoms with Gasteiger partial charge in [-0.1, -0.05) is 0 Å². The number of aromatic nitrogens is 2. The molecule has 1 rings (SSSR count). The maximum atomic E-state index is 11.9. The minimum absolute atomic E-state index is 0.135. The summed E-state index contributed by atoms with van der Waals surface area (Å²) in [7, 11) is -1.75. The van der Waals surface area contributed by atoms with Crippen molar-refractivity contribution in [3.63, 3.8) is 0 Å². The van der Waals surface area contributed by atoms with E-state index in [0.717, 1.165) is 0 Å². The molecule has 7 nitrogen and oxygen atoms in total. The second-order valence-electron chi connectivity index (χ2n) is 5.54. The number of sulfone groups is 1. The van der Waals surface area contributed by atoms with Crippen molar-refractivity contribution in [3.8, 4) is 0 Å². The Hall–Kier alpha value is -1.57. The molecule has 1 heterocycles. The first kappa shape index (κ1) is 16.5. The summed E-state index contributed by atoms with van der Waals surface area (Å²) in [4.78, 5) is 11.9. The van der Waals surface area contributed by atoms with Gasteiger partial charge in [0.15, 0.2) is 15.5 Å². The molecule has 0 aliphatic heterocycles. The number of aryl methyl sites for hydroxylation is 2. The Morgan fingerprint density at radius 3 is 2.35 bits per heavy atom. The molecule has 20 heavy (non-hydrogen) atoms. The number of anilines is 1. The standard InChI is InChI=1S/C12H21N3O4S/c1-8-9(13)10(15(5)14-8)11(16)19-6-7-20(17,18)12(2,3)4/h6-7,13H2,1-5H3. The SMILES string of the molecule is Cc1nn(C)c(C(=O)OCCS(=O)(=O)C(C)(C)C)c1N. The van der Waals surface area contributed by atoms with Crippen LogP contribution in [0.2, 0.25) is 0 Å². The van der Waals surface area contributed by atoms with Gasteiger partial charge in [-0.05, 0) is 27.7 Å². The van der Waals surface area contributed by atoms with Gasteiger partial charge >= 0.3 is 5.97 Å². The van der Waals surface area contributed by atoms with Crippen molar-refractivity contribution >= 4 is 21.5 Å². The first-order valence-electron chi connectivity index (χ1n) is 6.16. The molecule has 0 atom stereocenters. The van der Waals surface area contributed by atoms with E-state index in [2.05, 4.69) is 5.10 Å². The molecule has 0 aromatic carbocycles. The average Bonchev–Trinajstić information content (AvgIpc) is 2.51. The maximum absolute atomic E-state index is 11.9. The van der Waals surface area contributed by atoms with E-state index in [1.54, 1.807) is 34.7 Å². The van der Waals surface area contributed by atoms with Gasteiger partial charge in [0.25, 0.3) is 0 Å². The van der Waals surface area contributed by atoms with Crippen LogP contribution in [-0.2, 0) is 21.6 Å². The summed E-state index contributed by atoms with van der Waals surface area (Å²) in [5.41, 5.74) is 6.64. The summed E-state index contributed by atoms with van der Waals surface area (Å²) < 4.78 is 29.2. The van der Waals surface area contributed by atoms with Crippen LogP contribution in [0.5, 0.6) is 0 Å². The Morgan fingerprint density at radius 2 is 1.95 bits per heavy atom. The number of carbonyl (C=O) groups is 1. The number of nitrogen functional groups attached to an aromatic ring is 1. The largest absolute Gasteiger partial charge is 0.460 e. The lowest BCUT2D eigenvalue weighted by Crippen LogP contribution is -2.32. The normalized spacial score (nSPS) is 12.4. The van der Waals surface area contributed by atoms with Crippen molar-refractivity contribution in [1.29, 1.82) is 0 Å². The van der Waals surface area contributed by atoms with E-state index in [-0.39, 0.29) is 23.7 Å². The van der Waals surface area contributed by atoms with Crippen LogP contribution in [0.3, 0.4) is 0 Å². The molecule has 0 aliphatic rings. The Bertz CT molecular complexity index is 611. The van der Waals surface area contributed by atoms with Crippen molar-refractivity contribution in [2.75, 3.05) is 18.1 Å². The molecule has 1 aromatic heterocycles.